The van der Waals surface area contributed by atoms with Gasteiger partial charge < -0.3 is 18.9 Å². The molecule has 7 heteroatoms. The van der Waals surface area contributed by atoms with Gasteiger partial charge in [-0.25, -0.2) is 0 Å². The van der Waals surface area contributed by atoms with E-state index in [0.29, 0.717) is 13.0 Å². The van der Waals surface area contributed by atoms with Gasteiger partial charge in [0, 0.05) is 25.7 Å². The van der Waals surface area contributed by atoms with Crippen molar-refractivity contribution >= 4 is 17.9 Å². The van der Waals surface area contributed by atoms with Crippen molar-refractivity contribution in [1.29, 1.82) is 0 Å². The third kappa shape index (κ3) is 5.63. The lowest BCUT2D eigenvalue weighted by Gasteiger charge is -2.36. The molecule has 0 saturated carbocycles. The molecule has 0 radical (unpaired) electrons. The minimum Gasteiger partial charge on any atom is -0.463 e. The lowest BCUT2D eigenvalue weighted by atomic mass is 10.0. The SMILES string of the molecule is CCC(=O)OCC1OCCC(OC(=O)CC)C1OC(=O)CC. The highest BCUT2D eigenvalue weighted by atomic mass is 16.6. The van der Waals surface area contributed by atoms with Crippen molar-refractivity contribution in [3.05, 3.63) is 0 Å². The summed E-state index contributed by atoms with van der Waals surface area (Å²) in [6.45, 7) is 5.36. The van der Waals surface area contributed by atoms with Crippen LogP contribution < -0.4 is 0 Å². The summed E-state index contributed by atoms with van der Waals surface area (Å²) < 4.78 is 21.3. The summed E-state index contributed by atoms with van der Waals surface area (Å²) in [6, 6.07) is 0. The molecule has 0 aromatic carbocycles. The van der Waals surface area contributed by atoms with Gasteiger partial charge in [-0.15, -0.1) is 0 Å². The van der Waals surface area contributed by atoms with Crippen molar-refractivity contribution in [2.45, 2.75) is 64.8 Å². The molecule has 0 amide bonds. The van der Waals surface area contributed by atoms with Crippen molar-refractivity contribution in [2.24, 2.45) is 0 Å². The first kappa shape index (κ1) is 18.4. The normalized spacial score (nSPS) is 24.4. The van der Waals surface area contributed by atoms with Crippen LogP contribution in [-0.2, 0) is 33.3 Å². The maximum atomic E-state index is 11.6. The van der Waals surface area contributed by atoms with Crippen LogP contribution in [0.5, 0.6) is 0 Å². The van der Waals surface area contributed by atoms with Crippen molar-refractivity contribution in [2.75, 3.05) is 13.2 Å². The van der Waals surface area contributed by atoms with Crippen molar-refractivity contribution in [3.8, 4) is 0 Å². The van der Waals surface area contributed by atoms with E-state index in [-0.39, 0.29) is 37.8 Å². The van der Waals surface area contributed by atoms with Gasteiger partial charge in [-0.05, 0) is 0 Å². The van der Waals surface area contributed by atoms with Crippen LogP contribution in [0.15, 0.2) is 0 Å². The zero-order chi connectivity index (χ0) is 16.5. The van der Waals surface area contributed by atoms with Crippen LogP contribution in [0.4, 0.5) is 0 Å². The molecule has 1 fully saturated rings. The Hall–Kier alpha value is -1.63. The number of carbonyl (C=O) groups excluding carboxylic acids is 3. The topological polar surface area (TPSA) is 88.1 Å². The molecule has 1 aliphatic rings. The molecule has 0 aliphatic carbocycles. The van der Waals surface area contributed by atoms with Crippen LogP contribution in [0, 0.1) is 0 Å². The average Bonchev–Trinajstić information content (AvgIpc) is 2.54. The fourth-order valence-electron chi connectivity index (χ4n) is 2.02. The number of esters is 3. The predicted molar refractivity (Wildman–Crippen MR) is 75.9 cm³/mol. The first-order valence-electron chi connectivity index (χ1n) is 7.67. The smallest absolute Gasteiger partial charge is 0.306 e. The number of rotatable bonds is 7. The molecule has 3 unspecified atom stereocenters. The van der Waals surface area contributed by atoms with Gasteiger partial charge in [-0.3, -0.25) is 14.4 Å². The molecule has 0 aromatic rings. The quantitative estimate of drug-likeness (QED) is 0.518. The van der Waals surface area contributed by atoms with E-state index in [1.165, 1.54) is 0 Å². The second-order valence-electron chi connectivity index (χ2n) is 4.92. The van der Waals surface area contributed by atoms with E-state index in [9.17, 15) is 14.4 Å². The van der Waals surface area contributed by atoms with Crippen LogP contribution in [0.2, 0.25) is 0 Å². The molecule has 3 atom stereocenters. The Morgan fingerprint density at radius 3 is 2.14 bits per heavy atom. The van der Waals surface area contributed by atoms with E-state index in [0.717, 1.165) is 0 Å². The fourth-order valence-corrected chi connectivity index (χ4v) is 2.02. The zero-order valence-corrected chi connectivity index (χ0v) is 13.3. The number of hydrogen-bond donors (Lipinski definition) is 0. The molecular weight excluding hydrogens is 292 g/mol. The Morgan fingerprint density at radius 2 is 1.55 bits per heavy atom. The summed E-state index contributed by atoms with van der Waals surface area (Å²) in [6.07, 6.45) is -0.850. The Bertz CT molecular complexity index is 393. The van der Waals surface area contributed by atoms with Gasteiger partial charge in [0.15, 0.2) is 6.10 Å². The third-order valence-corrected chi connectivity index (χ3v) is 3.29. The highest BCUT2D eigenvalue weighted by molar-refractivity contribution is 5.70. The van der Waals surface area contributed by atoms with Crippen LogP contribution in [0.3, 0.4) is 0 Å². The van der Waals surface area contributed by atoms with E-state index in [1.54, 1.807) is 20.8 Å². The Kier molecular flexibility index (Phi) is 7.87. The van der Waals surface area contributed by atoms with Crippen LogP contribution in [-0.4, -0.2) is 49.4 Å². The van der Waals surface area contributed by atoms with Crippen LogP contribution >= 0.6 is 0 Å². The summed E-state index contributed by atoms with van der Waals surface area (Å²) in [5.41, 5.74) is 0. The third-order valence-electron chi connectivity index (χ3n) is 3.29. The molecule has 0 bridgehead atoms. The maximum absolute atomic E-state index is 11.6. The van der Waals surface area contributed by atoms with E-state index >= 15 is 0 Å². The molecule has 1 heterocycles. The first-order valence-corrected chi connectivity index (χ1v) is 7.67. The highest BCUT2D eigenvalue weighted by Crippen LogP contribution is 2.22. The maximum Gasteiger partial charge on any atom is 0.306 e. The van der Waals surface area contributed by atoms with E-state index in [2.05, 4.69) is 0 Å². The average molecular weight is 316 g/mol. The summed E-state index contributed by atoms with van der Waals surface area (Å²) in [4.78, 5) is 34.4. The van der Waals surface area contributed by atoms with Gasteiger partial charge in [0.05, 0.1) is 6.61 Å². The van der Waals surface area contributed by atoms with Crippen LogP contribution in [0.1, 0.15) is 46.5 Å². The Morgan fingerprint density at radius 1 is 0.955 bits per heavy atom. The second-order valence-corrected chi connectivity index (χ2v) is 4.92. The van der Waals surface area contributed by atoms with Crippen molar-refractivity contribution < 1.29 is 33.3 Å². The molecular formula is C15H24O7. The molecule has 126 valence electrons. The fraction of sp³-hybridized carbons (Fsp3) is 0.800. The summed E-state index contributed by atoms with van der Waals surface area (Å²) in [5.74, 6) is -1.15. The number of hydrogen-bond acceptors (Lipinski definition) is 7. The van der Waals surface area contributed by atoms with E-state index in [1.807, 2.05) is 0 Å². The Balaban J connectivity index is 2.75. The molecule has 7 nitrogen and oxygen atoms in total. The molecule has 1 aliphatic heterocycles. The lowest BCUT2D eigenvalue weighted by molar-refractivity contribution is -0.202. The summed E-state index contributed by atoms with van der Waals surface area (Å²) >= 11 is 0. The Labute approximate surface area is 130 Å². The molecule has 0 aromatic heterocycles. The van der Waals surface area contributed by atoms with Crippen molar-refractivity contribution in [1.82, 2.24) is 0 Å². The number of carbonyl (C=O) groups is 3. The first-order chi connectivity index (χ1) is 10.5. The summed E-state index contributed by atoms with van der Waals surface area (Å²) in [5, 5.41) is 0. The largest absolute Gasteiger partial charge is 0.463 e. The van der Waals surface area contributed by atoms with Crippen LogP contribution in [0.25, 0.3) is 0 Å². The minimum absolute atomic E-state index is 0.0332. The monoisotopic (exact) mass is 316 g/mol. The molecule has 1 rings (SSSR count). The molecule has 0 spiro atoms. The minimum atomic E-state index is -0.763. The van der Waals surface area contributed by atoms with Gasteiger partial charge in [0.2, 0.25) is 0 Å². The van der Waals surface area contributed by atoms with Gasteiger partial charge in [-0.2, -0.15) is 0 Å². The van der Waals surface area contributed by atoms with Gasteiger partial charge in [0.1, 0.15) is 18.8 Å². The van der Waals surface area contributed by atoms with Gasteiger partial charge in [0.25, 0.3) is 0 Å². The molecule has 0 N–H and O–H groups in total. The van der Waals surface area contributed by atoms with E-state index in [4.69, 9.17) is 18.9 Å². The standard InChI is InChI=1S/C15H24O7/c1-4-12(16)20-9-11-15(22-14(18)6-3)10(7-8-19-11)21-13(17)5-2/h10-11,15H,4-9H2,1-3H3. The van der Waals surface area contributed by atoms with Gasteiger partial charge >= 0.3 is 17.9 Å². The summed E-state index contributed by atoms with van der Waals surface area (Å²) in [7, 11) is 0. The zero-order valence-electron chi connectivity index (χ0n) is 13.3. The van der Waals surface area contributed by atoms with Gasteiger partial charge in [-0.1, -0.05) is 20.8 Å². The van der Waals surface area contributed by atoms with E-state index < -0.39 is 24.3 Å². The second kappa shape index (κ2) is 9.40. The highest BCUT2D eigenvalue weighted by Gasteiger charge is 2.40. The lowest BCUT2D eigenvalue weighted by Crippen LogP contribution is -2.51. The van der Waals surface area contributed by atoms with Crippen molar-refractivity contribution in [3.63, 3.8) is 0 Å². The molecule has 22 heavy (non-hydrogen) atoms. The predicted octanol–water partition coefficient (Wildman–Crippen LogP) is 1.37. The number of ether oxygens (including phenoxy) is 4. The molecule has 1 saturated heterocycles.